The van der Waals surface area contributed by atoms with E-state index in [-0.39, 0.29) is 11.7 Å². The lowest BCUT2D eigenvalue weighted by molar-refractivity contribution is -0.142. The van der Waals surface area contributed by atoms with Crippen LogP contribution in [0.25, 0.3) is 0 Å². The molecule has 0 aliphatic carbocycles. The van der Waals surface area contributed by atoms with Crippen LogP contribution >= 0.6 is 0 Å². The quantitative estimate of drug-likeness (QED) is 0.721. The molecule has 1 fully saturated rings. The summed E-state index contributed by atoms with van der Waals surface area (Å²) in [5, 5.41) is 0. The Balaban J connectivity index is 2.94. The topological polar surface area (TPSA) is 83.7 Å². The Labute approximate surface area is 103 Å². The molecule has 7 heteroatoms. The first-order valence-electron chi connectivity index (χ1n) is 5.69. The molecule has 1 heterocycles. The monoisotopic (exact) mass is 263 g/mol. The summed E-state index contributed by atoms with van der Waals surface area (Å²) in [6, 6.07) is 0. The highest BCUT2D eigenvalue weighted by Gasteiger charge is 2.45. The number of nitrogens with two attached hydrogens (primary N) is 1. The van der Waals surface area contributed by atoms with E-state index < -0.39 is 15.6 Å². The van der Waals surface area contributed by atoms with E-state index in [1.165, 1.54) is 4.31 Å². The minimum absolute atomic E-state index is 0.00389. The van der Waals surface area contributed by atoms with Crippen LogP contribution < -0.4 is 5.73 Å². The molecule has 1 aliphatic heterocycles. The van der Waals surface area contributed by atoms with Crippen LogP contribution in [0.1, 0.15) is 20.3 Å². The van der Waals surface area contributed by atoms with Crippen molar-refractivity contribution in [3.05, 3.63) is 0 Å². The predicted octanol–water partition coefficient (Wildman–Crippen LogP) is -0.782. The number of carbonyl (C=O) groups excluding carboxylic acids is 1. The van der Waals surface area contributed by atoms with Gasteiger partial charge in [-0.1, -0.05) is 0 Å². The summed E-state index contributed by atoms with van der Waals surface area (Å²) in [4.78, 5) is 13.5. The van der Waals surface area contributed by atoms with Crippen LogP contribution in [0, 0.1) is 0 Å². The van der Waals surface area contributed by atoms with Gasteiger partial charge in [-0.25, -0.2) is 8.42 Å². The van der Waals surface area contributed by atoms with Gasteiger partial charge in [0.15, 0.2) is 0 Å². The molecule has 1 amide bonds. The fourth-order valence-corrected chi connectivity index (χ4v) is 3.94. The third kappa shape index (κ3) is 2.78. The lowest BCUT2D eigenvalue weighted by Gasteiger charge is -2.43. The maximum absolute atomic E-state index is 12.1. The zero-order valence-electron chi connectivity index (χ0n) is 10.6. The van der Waals surface area contributed by atoms with Gasteiger partial charge in [0.05, 0.1) is 5.75 Å². The third-order valence-electron chi connectivity index (χ3n) is 3.07. The largest absolute Gasteiger partial charge is 0.343 e. The van der Waals surface area contributed by atoms with Gasteiger partial charge in [-0.2, -0.15) is 4.31 Å². The second kappa shape index (κ2) is 4.91. The van der Waals surface area contributed by atoms with Crippen LogP contribution in [-0.2, 0) is 14.8 Å². The molecule has 1 rings (SSSR count). The molecule has 17 heavy (non-hydrogen) atoms. The van der Waals surface area contributed by atoms with E-state index in [9.17, 15) is 13.2 Å². The summed E-state index contributed by atoms with van der Waals surface area (Å²) in [6.07, 6.45) is 0.416. The van der Waals surface area contributed by atoms with E-state index in [0.29, 0.717) is 26.1 Å². The molecule has 0 saturated carbocycles. The molecule has 0 bridgehead atoms. The van der Waals surface area contributed by atoms with Gasteiger partial charge in [-0.05, 0) is 26.8 Å². The van der Waals surface area contributed by atoms with E-state index >= 15 is 0 Å². The number of hydrogen-bond acceptors (Lipinski definition) is 4. The summed E-state index contributed by atoms with van der Waals surface area (Å²) in [5.74, 6) is -0.163. The molecule has 0 unspecified atom stereocenters. The molecule has 6 nitrogen and oxygen atoms in total. The number of nitrogens with zero attached hydrogens (tertiary/aromatic N) is 2. The van der Waals surface area contributed by atoms with Gasteiger partial charge in [-0.15, -0.1) is 0 Å². The Morgan fingerprint density at radius 1 is 1.35 bits per heavy atom. The van der Waals surface area contributed by atoms with E-state index in [2.05, 4.69) is 0 Å². The highest BCUT2D eigenvalue weighted by Crippen LogP contribution is 2.25. The molecule has 0 aromatic heterocycles. The first kappa shape index (κ1) is 14.4. The van der Waals surface area contributed by atoms with Crippen molar-refractivity contribution in [2.24, 2.45) is 5.73 Å². The SMILES string of the molecule is CN1CCN(S(=O)(=O)CCCN)C(C)(C)C1=O. The number of rotatable bonds is 4. The van der Waals surface area contributed by atoms with Crippen molar-refractivity contribution in [1.29, 1.82) is 0 Å². The van der Waals surface area contributed by atoms with Crippen molar-refractivity contribution in [1.82, 2.24) is 9.21 Å². The van der Waals surface area contributed by atoms with Gasteiger partial charge in [0, 0.05) is 20.1 Å². The highest BCUT2D eigenvalue weighted by atomic mass is 32.2. The second-order valence-electron chi connectivity index (χ2n) is 4.82. The summed E-state index contributed by atoms with van der Waals surface area (Å²) in [5.41, 5.74) is 4.32. The van der Waals surface area contributed by atoms with Crippen LogP contribution in [0.15, 0.2) is 0 Å². The average molecular weight is 263 g/mol. The summed E-state index contributed by atoms with van der Waals surface area (Å²) >= 11 is 0. The van der Waals surface area contributed by atoms with Gasteiger partial charge in [-0.3, -0.25) is 4.79 Å². The maximum atomic E-state index is 12.1. The number of likely N-dealkylation sites (N-methyl/N-ethyl adjacent to an activating group) is 1. The van der Waals surface area contributed by atoms with E-state index in [1.54, 1.807) is 25.8 Å². The number of piperazine rings is 1. The van der Waals surface area contributed by atoms with Crippen LogP contribution in [0.5, 0.6) is 0 Å². The van der Waals surface area contributed by atoms with Crippen molar-refractivity contribution in [2.75, 3.05) is 32.4 Å². The molecule has 0 radical (unpaired) electrons. The standard InChI is InChI=1S/C10H21N3O3S/c1-10(2)9(14)12(3)6-7-13(10)17(15,16)8-4-5-11/h4-8,11H2,1-3H3. The number of amides is 1. The Morgan fingerprint density at radius 3 is 2.47 bits per heavy atom. The fraction of sp³-hybridized carbons (Fsp3) is 0.900. The van der Waals surface area contributed by atoms with Gasteiger partial charge >= 0.3 is 0 Å². The van der Waals surface area contributed by atoms with Crippen molar-refractivity contribution >= 4 is 15.9 Å². The van der Waals surface area contributed by atoms with E-state index in [0.717, 1.165) is 0 Å². The predicted molar refractivity (Wildman–Crippen MR) is 65.9 cm³/mol. The normalized spacial score (nSPS) is 21.9. The smallest absolute Gasteiger partial charge is 0.243 e. The maximum Gasteiger partial charge on any atom is 0.243 e. The molecule has 0 aromatic carbocycles. The molecule has 0 spiro atoms. The minimum Gasteiger partial charge on any atom is -0.343 e. The second-order valence-corrected chi connectivity index (χ2v) is 6.83. The summed E-state index contributed by atoms with van der Waals surface area (Å²) in [6.45, 7) is 4.41. The van der Waals surface area contributed by atoms with Crippen LogP contribution in [0.2, 0.25) is 0 Å². The first-order valence-corrected chi connectivity index (χ1v) is 7.30. The Hall–Kier alpha value is -0.660. The van der Waals surface area contributed by atoms with Gasteiger partial charge in [0.2, 0.25) is 15.9 Å². The molecule has 0 aromatic rings. The van der Waals surface area contributed by atoms with E-state index in [1.807, 2.05) is 0 Å². The number of carbonyl (C=O) groups is 1. The molecule has 100 valence electrons. The van der Waals surface area contributed by atoms with Crippen molar-refractivity contribution in [3.8, 4) is 0 Å². The zero-order valence-corrected chi connectivity index (χ0v) is 11.5. The molecule has 1 saturated heterocycles. The number of sulfonamides is 1. The third-order valence-corrected chi connectivity index (χ3v) is 5.19. The van der Waals surface area contributed by atoms with Gasteiger partial charge < -0.3 is 10.6 Å². The Morgan fingerprint density at radius 2 is 1.94 bits per heavy atom. The van der Waals surface area contributed by atoms with Crippen molar-refractivity contribution < 1.29 is 13.2 Å². The lowest BCUT2D eigenvalue weighted by Crippen LogP contribution is -2.63. The van der Waals surface area contributed by atoms with Crippen molar-refractivity contribution in [2.45, 2.75) is 25.8 Å². The van der Waals surface area contributed by atoms with Gasteiger partial charge in [0.1, 0.15) is 5.54 Å². The molecular weight excluding hydrogens is 242 g/mol. The minimum atomic E-state index is -3.40. The molecule has 1 aliphatic rings. The Kier molecular flexibility index (Phi) is 4.16. The van der Waals surface area contributed by atoms with Crippen molar-refractivity contribution in [3.63, 3.8) is 0 Å². The molecular formula is C10H21N3O3S. The van der Waals surface area contributed by atoms with E-state index in [4.69, 9.17) is 5.73 Å². The zero-order chi connectivity index (χ0) is 13.3. The van der Waals surface area contributed by atoms with Crippen LogP contribution in [0.3, 0.4) is 0 Å². The summed E-state index contributed by atoms with van der Waals surface area (Å²) in [7, 11) is -1.72. The van der Waals surface area contributed by atoms with Crippen LogP contribution in [0.4, 0.5) is 0 Å². The molecule has 0 atom stereocenters. The number of hydrogen-bond donors (Lipinski definition) is 1. The summed E-state index contributed by atoms with van der Waals surface area (Å²) < 4.78 is 25.5. The average Bonchev–Trinajstić information content (AvgIpc) is 2.23. The highest BCUT2D eigenvalue weighted by molar-refractivity contribution is 7.89. The van der Waals surface area contributed by atoms with Crippen LogP contribution in [-0.4, -0.2) is 61.5 Å². The fourth-order valence-electron chi connectivity index (χ4n) is 2.06. The van der Waals surface area contributed by atoms with Gasteiger partial charge in [0.25, 0.3) is 0 Å². The lowest BCUT2D eigenvalue weighted by atomic mass is 10.0. The first-order chi connectivity index (χ1) is 7.73. The Bertz CT molecular complexity index is 392. The molecule has 2 N–H and O–H groups in total.